The van der Waals surface area contributed by atoms with E-state index in [1.807, 2.05) is 0 Å². The number of carbonyl (C=O) groups is 2. The molecule has 5 aliphatic rings. The van der Waals surface area contributed by atoms with Crippen molar-refractivity contribution in [3.05, 3.63) is 17.7 Å². The molecule has 4 aliphatic carbocycles. The van der Waals surface area contributed by atoms with Crippen LogP contribution in [-0.4, -0.2) is 22.8 Å². The average Bonchev–Trinajstić information content (AvgIpc) is 2.98. The number of rotatable bonds is 4. The molecule has 5 nitrogen and oxygen atoms in total. The Labute approximate surface area is 167 Å². The minimum absolute atomic E-state index is 0.00517. The molecule has 0 aromatic heterocycles. The number of Topliss-reactive ketones (excluding diaryl/α,β-unsaturated/α-hetero) is 1. The van der Waals surface area contributed by atoms with Crippen LogP contribution in [0.15, 0.2) is 12.1 Å². The van der Waals surface area contributed by atoms with Gasteiger partial charge in [-0.3, -0.25) is 9.59 Å². The van der Waals surface area contributed by atoms with Crippen LogP contribution in [-0.2, 0) is 4.79 Å². The monoisotopic (exact) mass is 433 g/mol. The van der Waals surface area contributed by atoms with E-state index >= 15 is 0 Å². The normalized spacial score (nSPS) is 35.3. The number of alkyl halides is 1. The molecular weight excluding hydrogens is 410 g/mol. The lowest BCUT2D eigenvalue weighted by molar-refractivity contribution is -0.123. The van der Waals surface area contributed by atoms with Crippen LogP contribution in [0.2, 0.25) is 0 Å². The van der Waals surface area contributed by atoms with Gasteiger partial charge in [0.2, 0.25) is 12.7 Å². The summed E-state index contributed by atoms with van der Waals surface area (Å²) < 4.78 is 11.0. The molecular formula is C21H24BrNO4. The number of benzene rings is 1. The Hall–Kier alpha value is -1.56. The van der Waals surface area contributed by atoms with Crippen LogP contribution in [0.1, 0.15) is 62.2 Å². The van der Waals surface area contributed by atoms with E-state index in [1.165, 1.54) is 26.2 Å². The standard InChI is InChI=1S/C21H24BrNO4/c1-12(24)15-3-17-18(27-11-26-17)4-16(15)23-19(25)9-20-5-13-2-14(6-20)8-21(22,7-13)10-20/h3-4,13-14H,2,5-11H2,1H3,(H,23,25). The summed E-state index contributed by atoms with van der Waals surface area (Å²) in [7, 11) is 0. The first kappa shape index (κ1) is 17.5. The lowest BCUT2D eigenvalue weighted by Crippen LogP contribution is -2.53. The van der Waals surface area contributed by atoms with Crippen molar-refractivity contribution in [3.63, 3.8) is 0 Å². The molecule has 0 spiro atoms. The van der Waals surface area contributed by atoms with Gasteiger partial charge in [0.15, 0.2) is 17.3 Å². The third-order valence-corrected chi connectivity index (χ3v) is 7.74. The quantitative estimate of drug-likeness (QED) is 0.552. The molecule has 1 aromatic carbocycles. The number of nitrogens with one attached hydrogen (secondary N) is 1. The molecule has 2 atom stereocenters. The van der Waals surface area contributed by atoms with Crippen LogP contribution in [0.5, 0.6) is 11.5 Å². The number of anilines is 1. The third-order valence-electron chi connectivity index (χ3n) is 6.81. The zero-order valence-corrected chi connectivity index (χ0v) is 17.1. The molecule has 27 heavy (non-hydrogen) atoms. The Bertz CT molecular complexity index is 822. The Morgan fingerprint density at radius 1 is 1.15 bits per heavy atom. The summed E-state index contributed by atoms with van der Waals surface area (Å²) in [6.07, 6.45) is 7.76. The van der Waals surface area contributed by atoms with E-state index in [4.69, 9.17) is 9.47 Å². The maximum Gasteiger partial charge on any atom is 0.231 e. The fourth-order valence-corrected chi connectivity index (χ4v) is 7.92. The van der Waals surface area contributed by atoms with Gasteiger partial charge in [-0.1, -0.05) is 15.9 Å². The summed E-state index contributed by atoms with van der Waals surface area (Å²) in [6, 6.07) is 3.38. The van der Waals surface area contributed by atoms with Gasteiger partial charge in [0.05, 0.1) is 5.69 Å². The van der Waals surface area contributed by atoms with Gasteiger partial charge in [-0.05, 0) is 68.8 Å². The highest BCUT2D eigenvalue weighted by Crippen LogP contribution is 2.65. The largest absolute Gasteiger partial charge is 0.454 e. The Kier molecular flexibility index (Phi) is 3.87. The molecule has 4 bridgehead atoms. The zero-order chi connectivity index (χ0) is 18.8. The van der Waals surface area contributed by atoms with Gasteiger partial charge < -0.3 is 14.8 Å². The van der Waals surface area contributed by atoms with Crippen molar-refractivity contribution in [2.45, 2.75) is 56.2 Å². The Morgan fingerprint density at radius 3 is 2.44 bits per heavy atom. The van der Waals surface area contributed by atoms with E-state index in [2.05, 4.69) is 21.2 Å². The first-order chi connectivity index (χ1) is 12.8. The highest BCUT2D eigenvalue weighted by atomic mass is 79.9. The van der Waals surface area contributed by atoms with E-state index < -0.39 is 0 Å². The van der Waals surface area contributed by atoms with Crippen molar-refractivity contribution in [2.24, 2.45) is 17.3 Å². The van der Waals surface area contributed by atoms with Crippen LogP contribution in [0.25, 0.3) is 0 Å². The smallest absolute Gasteiger partial charge is 0.231 e. The fourth-order valence-electron chi connectivity index (χ4n) is 6.41. The Morgan fingerprint density at radius 2 is 1.81 bits per heavy atom. The van der Waals surface area contributed by atoms with Crippen molar-refractivity contribution >= 4 is 33.3 Å². The van der Waals surface area contributed by atoms with Crippen LogP contribution in [0.3, 0.4) is 0 Å². The molecule has 0 saturated heterocycles. The topological polar surface area (TPSA) is 64.6 Å². The van der Waals surface area contributed by atoms with Crippen LogP contribution < -0.4 is 14.8 Å². The predicted molar refractivity (Wildman–Crippen MR) is 105 cm³/mol. The molecule has 1 amide bonds. The molecule has 1 N–H and O–H groups in total. The van der Waals surface area contributed by atoms with Gasteiger partial charge in [-0.2, -0.15) is 0 Å². The number of amides is 1. The van der Waals surface area contributed by atoms with E-state index in [9.17, 15) is 9.59 Å². The van der Waals surface area contributed by atoms with Gasteiger partial charge >= 0.3 is 0 Å². The third kappa shape index (κ3) is 3.06. The summed E-state index contributed by atoms with van der Waals surface area (Å²) in [6.45, 7) is 1.64. The van der Waals surface area contributed by atoms with Gasteiger partial charge in [0, 0.05) is 22.4 Å². The van der Waals surface area contributed by atoms with E-state index in [1.54, 1.807) is 12.1 Å². The van der Waals surface area contributed by atoms with Crippen LogP contribution in [0, 0.1) is 17.3 Å². The van der Waals surface area contributed by atoms with Crippen molar-refractivity contribution in [2.75, 3.05) is 12.1 Å². The molecule has 6 heteroatoms. The predicted octanol–water partition coefficient (Wildman–Crippen LogP) is 4.68. The molecule has 6 rings (SSSR count). The van der Waals surface area contributed by atoms with E-state index in [-0.39, 0.29) is 28.2 Å². The highest BCUT2D eigenvalue weighted by molar-refractivity contribution is 9.10. The number of carbonyl (C=O) groups excluding carboxylic acids is 2. The molecule has 1 aliphatic heterocycles. The minimum atomic E-state index is -0.0992. The minimum Gasteiger partial charge on any atom is -0.454 e. The van der Waals surface area contributed by atoms with Crippen molar-refractivity contribution in [1.29, 1.82) is 0 Å². The summed E-state index contributed by atoms with van der Waals surface area (Å²) in [5, 5.41) is 3.00. The maximum atomic E-state index is 13.0. The molecule has 1 aromatic rings. The van der Waals surface area contributed by atoms with Crippen molar-refractivity contribution in [3.8, 4) is 11.5 Å². The van der Waals surface area contributed by atoms with Crippen molar-refractivity contribution in [1.82, 2.24) is 0 Å². The fraction of sp³-hybridized carbons (Fsp3) is 0.619. The summed E-state index contributed by atoms with van der Waals surface area (Å²) in [5.41, 5.74) is 1.09. The van der Waals surface area contributed by atoms with Crippen LogP contribution >= 0.6 is 15.9 Å². The molecule has 4 fully saturated rings. The molecule has 0 radical (unpaired) electrons. The highest BCUT2D eigenvalue weighted by Gasteiger charge is 2.57. The lowest BCUT2D eigenvalue weighted by atomic mass is 9.48. The first-order valence-corrected chi connectivity index (χ1v) is 10.6. The summed E-state index contributed by atoms with van der Waals surface area (Å²) in [5.74, 6) is 2.52. The van der Waals surface area contributed by atoms with Crippen molar-refractivity contribution < 1.29 is 19.1 Å². The number of halogens is 1. The number of hydrogen-bond donors (Lipinski definition) is 1. The maximum absolute atomic E-state index is 13.0. The summed E-state index contributed by atoms with van der Waals surface area (Å²) >= 11 is 4.01. The SMILES string of the molecule is CC(=O)c1cc2c(cc1NC(=O)CC13CC4CC(CC(Br)(C4)C1)C3)OCO2. The van der Waals surface area contributed by atoms with Gasteiger partial charge in [0.1, 0.15) is 0 Å². The van der Waals surface area contributed by atoms with E-state index in [0.29, 0.717) is 29.2 Å². The number of fused-ring (bicyclic) bond motifs is 1. The van der Waals surface area contributed by atoms with Gasteiger partial charge in [-0.25, -0.2) is 0 Å². The molecule has 2 unspecified atom stereocenters. The molecule has 4 saturated carbocycles. The second kappa shape index (κ2) is 5.97. The van der Waals surface area contributed by atoms with Gasteiger partial charge in [-0.15, -0.1) is 0 Å². The second-order valence-corrected chi connectivity index (χ2v) is 10.8. The van der Waals surface area contributed by atoms with Gasteiger partial charge in [0.25, 0.3) is 0 Å². The Balaban J connectivity index is 1.37. The number of hydrogen-bond acceptors (Lipinski definition) is 4. The molecule has 144 valence electrons. The number of ether oxygens (including phenoxy) is 2. The second-order valence-electron chi connectivity index (χ2n) is 9.14. The van der Waals surface area contributed by atoms with E-state index in [0.717, 1.165) is 31.1 Å². The zero-order valence-electron chi connectivity index (χ0n) is 15.5. The first-order valence-electron chi connectivity index (χ1n) is 9.77. The van der Waals surface area contributed by atoms with Crippen LogP contribution in [0.4, 0.5) is 5.69 Å². The summed E-state index contributed by atoms with van der Waals surface area (Å²) in [4.78, 5) is 25.0. The average molecular weight is 434 g/mol. The molecule has 1 heterocycles. The lowest BCUT2D eigenvalue weighted by Gasteiger charge is -2.60. The number of ketones is 1.